The third kappa shape index (κ3) is 12.3. The second kappa shape index (κ2) is 16.5. The Hall–Kier alpha value is -2.16. The molecule has 0 spiro atoms. The highest BCUT2D eigenvalue weighted by molar-refractivity contribution is 5.79. The van der Waals surface area contributed by atoms with Gasteiger partial charge in [-0.3, -0.25) is 4.99 Å². The van der Waals surface area contributed by atoms with Crippen LogP contribution in [0.3, 0.4) is 0 Å². The van der Waals surface area contributed by atoms with Gasteiger partial charge in [0, 0.05) is 12.8 Å². The van der Waals surface area contributed by atoms with Gasteiger partial charge in [0.1, 0.15) is 18.2 Å². The summed E-state index contributed by atoms with van der Waals surface area (Å²) in [7, 11) is 0. The summed E-state index contributed by atoms with van der Waals surface area (Å²) in [4.78, 5) is 4.55. The highest BCUT2D eigenvalue weighted by Crippen LogP contribution is 2.14. The molecule has 2 aromatic rings. The number of unbranched alkanes of at least 4 members (excludes halogenated alkanes) is 11. The first-order chi connectivity index (χ1) is 15.3. The van der Waals surface area contributed by atoms with E-state index in [1.165, 1.54) is 89.2 Å². The summed E-state index contributed by atoms with van der Waals surface area (Å²) in [6.07, 6.45) is 18.4. The van der Waals surface area contributed by atoms with Crippen LogP contribution in [-0.4, -0.2) is 12.8 Å². The van der Waals surface area contributed by atoms with Crippen LogP contribution in [0, 0.1) is 5.82 Å². The third-order valence-electron chi connectivity index (χ3n) is 5.58. The Kier molecular flexibility index (Phi) is 13.4. The molecule has 31 heavy (non-hydrogen) atoms. The van der Waals surface area contributed by atoms with Crippen LogP contribution in [0.4, 0.5) is 4.39 Å². The van der Waals surface area contributed by atoms with Crippen LogP contribution >= 0.6 is 0 Å². The SMILES string of the molecule is CCCCCCCCCCCCCCN=Cc1ccc(OCc2ccc(F)cc2)cc1. The smallest absolute Gasteiger partial charge is 0.123 e. The van der Waals surface area contributed by atoms with Crippen molar-refractivity contribution < 1.29 is 9.13 Å². The minimum atomic E-state index is -0.226. The van der Waals surface area contributed by atoms with Crippen molar-refractivity contribution in [2.24, 2.45) is 4.99 Å². The van der Waals surface area contributed by atoms with Crippen molar-refractivity contribution >= 4 is 6.21 Å². The summed E-state index contributed by atoms with van der Waals surface area (Å²) >= 11 is 0. The molecule has 0 saturated heterocycles. The van der Waals surface area contributed by atoms with E-state index >= 15 is 0 Å². The average Bonchev–Trinajstić information content (AvgIpc) is 2.80. The number of hydrogen-bond acceptors (Lipinski definition) is 2. The highest BCUT2D eigenvalue weighted by Gasteiger charge is 1.98. The van der Waals surface area contributed by atoms with Crippen molar-refractivity contribution in [3.8, 4) is 5.75 Å². The van der Waals surface area contributed by atoms with Gasteiger partial charge in [-0.1, -0.05) is 89.7 Å². The van der Waals surface area contributed by atoms with Crippen molar-refractivity contribution in [3.05, 3.63) is 65.5 Å². The van der Waals surface area contributed by atoms with E-state index in [1.807, 2.05) is 30.5 Å². The van der Waals surface area contributed by atoms with Crippen molar-refractivity contribution in [1.29, 1.82) is 0 Å². The first-order valence-electron chi connectivity index (χ1n) is 12.2. The lowest BCUT2D eigenvalue weighted by Crippen LogP contribution is -1.95. The van der Waals surface area contributed by atoms with E-state index in [1.54, 1.807) is 12.1 Å². The largest absolute Gasteiger partial charge is 0.489 e. The van der Waals surface area contributed by atoms with Gasteiger partial charge >= 0.3 is 0 Å². The van der Waals surface area contributed by atoms with Gasteiger partial charge < -0.3 is 4.74 Å². The third-order valence-corrected chi connectivity index (χ3v) is 5.58. The lowest BCUT2D eigenvalue weighted by atomic mass is 10.1. The van der Waals surface area contributed by atoms with Gasteiger partial charge in [0.15, 0.2) is 0 Å². The van der Waals surface area contributed by atoms with Gasteiger partial charge in [-0.05, 0) is 53.9 Å². The number of benzene rings is 2. The van der Waals surface area contributed by atoms with Crippen molar-refractivity contribution in [3.63, 3.8) is 0 Å². The van der Waals surface area contributed by atoms with E-state index in [9.17, 15) is 4.39 Å². The fourth-order valence-corrected chi connectivity index (χ4v) is 3.61. The molecule has 0 N–H and O–H groups in total. The Balaban J connectivity index is 1.47. The molecule has 0 aliphatic carbocycles. The molecule has 0 radical (unpaired) electrons. The predicted octanol–water partition coefficient (Wildman–Crippen LogP) is 8.52. The summed E-state index contributed by atoms with van der Waals surface area (Å²) < 4.78 is 18.7. The van der Waals surface area contributed by atoms with Gasteiger partial charge in [0.25, 0.3) is 0 Å². The second-order valence-corrected chi connectivity index (χ2v) is 8.41. The zero-order valence-electron chi connectivity index (χ0n) is 19.3. The summed E-state index contributed by atoms with van der Waals surface area (Å²) in [5.74, 6) is 0.582. The monoisotopic (exact) mass is 425 g/mol. The molecule has 0 heterocycles. The molecule has 2 aromatic carbocycles. The summed E-state index contributed by atoms with van der Waals surface area (Å²) in [5.41, 5.74) is 2.04. The van der Waals surface area contributed by atoms with Gasteiger partial charge in [0.05, 0.1) is 0 Å². The van der Waals surface area contributed by atoms with Crippen LogP contribution in [0.2, 0.25) is 0 Å². The Bertz CT molecular complexity index is 709. The maximum atomic E-state index is 12.9. The van der Waals surface area contributed by atoms with E-state index in [0.717, 1.165) is 23.4 Å². The minimum Gasteiger partial charge on any atom is -0.489 e. The van der Waals surface area contributed by atoms with Crippen LogP contribution in [-0.2, 0) is 6.61 Å². The fourth-order valence-electron chi connectivity index (χ4n) is 3.61. The number of aliphatic imine (C=N–C) groups is 1. The van der Waals surface area contributed by atoms with Crippen LogP contribution in [0.15, 0.2) is 53.5 Å². The standard InChI is InChI=1S/C28H40FNO/c1-2-3-4-5-6-7-8-9-10-11-12-13-22-30-23-25-16-20-28(21-17-25)31-24-26-14-18-27(29)19-15-26/h14-21,23H,2-13,22,24H2,1H3. The molecule has 0 aliphatic heterocycles. The lowest BCUT2D eigenvalue weighted by Gasteiger charge is -2.06. The van der Waals surface area contributed by atoms with Gasteiger partial charge in [-0.2, -0.15) is 0 Å². The zero-order valence-corrected chi connectivity index (χ0v) is 19.3. The Labute approximate surface area is 189 Å². The quantitative estimate of drug-likeness (QED) is 0.184. The average molecular weight is 426 g/mol. The molecule has 0 amide bonds. The second-order valence-electron chi connectivity index (χ2n) is 8.41. The highest BCUT2D eigenvalue weighted by atomic mass is 19.1. The van der Waals surface area contributed by atoms with Crippen LogP contribution in [0.25, 0.3) is 0 Å². The molecular weight excluding hydrogens is 385 g/mol. The van der Waals surface area contributed by atoms with E-state index in [2.05, 4.69) is 11.9 Å². The van der Waals surface area contributed by atoms with E-state index in [4.69, 9.17) is 4.74 Å². The maximum Gasteiger partial charge on any atom is 0.123 e. The predicted molar refractivity (Wildman–Crippen MR) is 131 cm³/mol. The molecule has 0 fully saturated rings. The molecule has 3 heteroatoms. The Morgan fingerprint density at radius 3 is 1.84 bits per heavy atom. The number of rotatable bonds is 17. The van der Waals surface area contributed by atoms with Gasteiger partial charge in [-0.15, -0.1) is 0 Å². The molecule has 0 unspecified atom stereocenters. The van der Waals surface area contributed by atoms with E-state index < -0.39 is 0 Å². The maximum absolute atomic E-state index is 12.9. The van der Waals surface area contributed by atoms with Crippen LogP contribution in [0.1, 0.15) is 95.1 Å². The van der Waals surface area contributed by atoms with Gasteiger partial charge in [-0.25, -0.2) is 4.39 Å². The van der Waals surface area contributed by atoms with Crippen molar-refractivity contribution in [2.75, 3.05) is 6.54 Å². The van der Waals surface area contributed by atoms with E-state index in [-0.39, 0.29) is 5.82 Å². The molecule has 0 atom stereocenters. The van der Waals surface area contributed by atoms with Crippen LogP contribution in [0.5, 0.6) is 5.75 Å². The van der Waals surface area contributed by atoms with Crippen molar-refractivity contribution in [2.45, 2.75) is 90.6 Å². The van der Waals surface area contributed by atoms with Crippen LogP contribution < -0.4 is 4.74 Å². The van der Waals surface area contributed by atoms with Crippen molar-refractivity contribution in [1.82, 2.24) is 0 Å². The Morgan fingerprint density at radius 1 is 0.710 bits per heavy atom. The first kappa shape index (κ1) is 25.1. The minimum absolute atomic E-state index is 0.226. The number of hydrogen-bond donors (Lipinski definition) is 0. The molecule has 0 bridgehead atoms. The Morgan fingerprint density at radius 2 is 1.26 bits per heavy atom. The molecule has 2 nitrogen and oxygen atoms in total. The molecule has 2 rings (SSSR count). The molecule has 0 aliphatic rings. The number of nitrogens with zero attached hydrogens (tertiary/aromatic N) is 1. The molecular formula is C28H40FNO. The first-order valence-corrected chi connectivity index (χ1v) is 12.2. The zero-order chi connectivity index (χ0) is 22.0. The number of halogens is 1. The summed E-state index contributed by atoms with van der Waals surface area (Å²) in [5, 5.41) is 0. The normalized spacial score (nSPS) is 11.3. The molecule has 0 saturated carbocycles. The molecule has 0 aromatic heterocycles. The fraction of sp³-hybridized carbons (Fsp3) is 0.536. The summed E-state index contributed by atoms with van der Waals surface area (Å²) in [6.45, 7) is 3.62. The summed E-state index contributed by atoms with van der Waals surface area (Å²) in [6, 6.07) is 14.3. The number of ether oxygens (including phenoxy) is 1. The van der Waals surface area contributed by atoms with E-state index in [0.29, 0.717) is 6.61 Å². The lowest BCUT2D eigenvalue weighted by molar-refractivity contribution is 0.306. The topological polar surface area (TPSA) is 21.6 Å². The van der Waals surface area contributed by atoms with Gasteiger partial charge in [0.2, 0.25) is 0 Å². The molecule has 170 valence electrons.